The molecular formula is C22H27N7O4S. The molecule has 1 aliphatic heterocycles. The van der Waals surface area contributed by atoms with Crippen LogP contribution in [-0.2, 0) is 9.53 Å². The van der Waals surface area contributed by atoms with Crippen molar-refractivity contribution in [3.05, 3.63) is 42.1 Å². The first-order valence-corrected chi connectivity index (χ1v) is 11.7. The van der Waals surface area contributed by atoms with Crippen LogP contribution in [0.25, 0.3) is 0 Å². The maximum Gasteiger partial charge on any atom is 0.259 e. The highest BCUT2D eigenvalue weighted by molar-refractivity contribution is 7.19. The second kappa shape index (κ2) is 11.1. The number of aromatic nitrogens is 4. The van der Waals surface area contributed by atoms with Gasteiger partial charge in [-0.05, 0) is 43.2 Å². The monoisotopic (exact) mass is 485 g/mol. The molecule has 2 aromatic heterocycles. The number of amides is 1. The molecule has 3 heterocycles. The zero-order valence-corrected chi connectivity index (χ0v) is 20.0. The maximum atomic E-state index is 13.0. The Morgan fingerprint density at radius 1 is 1.18 bits per heavy atom. The van der Waals surface area contributed by atoms with Crippen LogP contribution in [0.2, 0.25) is 0 Å². The van der Waals surface area contributed by atoms with Gasteiger partial charge in [-0.2, -0.15) is 5.10 Å². The van der Waals surface area contributed by atoms with Gasteiger partial charge in [-0.1, -0.05) is 11.3 Å². The molecule has 0 radical (unpaired) electrons. The van der Waals surface area contributed by atoms with E-state index in [2.05, 4.69) is 35.9 Å². The average Bonchev–Trinajstić information content (AvgIpc) is 3.52. The van der Waals surface area contributed by atoms with Crippen LogP contribution in [0.4, 0.5) is 16.1 Å². The van der Waals surface area contributed by atoms with Crippen molar-refractivity contribution < 1.29 is 19.0 Å². The molecule has 1 amide bonds. The van der Waals surface area contributed by atoms with Gasteiger partial charge in [0, 0.05) is 38.0 Å². The molecule has 1 fully saturated rings. The van der Waals surface area contributed by atoms with Crippen LogP contribution in [0.15, 0.2) is 36.5 Å². The normalized spacial score (nSPS) is 16.2. The second-order valence-corrected chi connectivity index (χ2v) is 8.52. The summed E-state index contributed by atoms with van der Waals surface area (Å²) in [5.74, 6) is 1.64. The number of nitrogens with one attached hydrogen (secondary N) is 2. The van der Waals surface area contributed by atoms with Crippen molar-refractivity contribution in [2.75, 3.05) is 49.4 Å². The van der Waals surface area contributed by atoms with E-state index in [-0.39, 0.29) is 11.9 Å². The van der Waals surface area contributed by atoms with Gasteiger partial charge in [-0.15, -0.1) is 15.3 Å². The Morgan fingerprint density at radius 2 is 1.94 bits per heavy atom. The fourth-order valence-electron chi connectivity index (χ4n) is 3.70. The minimum atomic E-state index is -0.857. The molecule has 180 valence electrons. The fourth-order valence-corrected chi connectivity index (χ4v) is 4.42. The summed E-state index contributed by atoms with van der Waals surface area (Å²) < 4.78 is 16.4. The van der Waals surface area contributed by atoms with E-state index in [0.717, 1.165) is 25.3 Å². The molecule has 11 nitrogen and oxygen atoms in total. The van der Waals surface area contributed by atoms with Crippen molar-refractivity contribution in [1.82, 2.24) is 20.4 Å². The minimum Gasteiger partial charge on any atom is -0.497 e. The van der Waals surface area contributed by atoms with Crippen LogP contribution in [0.1, 0.15) is 25.0 Å². The van der Waals surface area contributed by atoms with Gasteiger partial charge >= 0.3 is 0 Å². The van der Waals surface area contributed by atoms with Gasteiger partial charge in [-0.25, -0.2) is 0 Å². The summed E-state index contributed by atoms with van der Waals surface area (Å²) >= 11 is 1.27. The first-order chi connectivity index (χ1) is 16.6. The number of ether oxygens (including phenoxy) is 3. The molecule has 1 aromatic carbocycles. The van der Waals surface area contributed by atoms with E-state index in [1.807, 2.05) is 19.1 Å². The predicted molar refractivity (Wildman–Crippen MR) is 129 cm³/mol. The van der Waals surface area contributed by atoms with Gasteiger partial charge in [0.15, 0.2) is 11.9 Å². The van der Waals surface area contributed by atoms with E-state index in [0.29, 0.717) is 33.9 Å². The van der Waals surface area contributed by atoms with E-state index in [1.165, 1.54) is 11.3 Å². The standard InChI is InChI=1S/C22H27N7O4S/c1-4-33-19(14-10-16(31-2)12-17(11-14)32-3)20(30)25-22-28-27-21(34-22)24-15-7-9-29(13-15)18-6-5-8-23-26-18/h5-6,8,10-12,15,19H,4,7,9,13H2,1-3H3,(H,24,27)(H,25,28,30)/t15-,19-/m1/s1. The molecule has 0 spiro atoms. The Balaban J connectivity index is 1.39. The van der Waals surface area contributed by atoms with E-state index in [1.54, 1.807) is 38.6 Å². The minimum absolute atomic E-state index is 0.193. The van der Waals surface area contributed by atoms with Crippen LogP contribution in [0.5, 0.6) is 11.5 Å². The third kappa shape index (κ3) is 5.69. The first-order valence-electron chi connectivity index (χ1n) is 10.9. The third-order valence-corrected chi connectivity index (χ3v) is 6.07. The highest BCUT2D eigenvalue weighted by Gasteiger charge is 2.26. The van der Waals surface area contributed by atoms with Gasteiger partial charge in [0.05, 0.1) is 14.2 Å². The zero-order chi connectivity index (χ0) is 23.9. The summed E-state index contributed by atoms with van der Waals surface area (Å²) in [6.45, 7) is 3.84. The number of carbonyl (C=O) groups excluding carboxylic acids is 1. The lowest BCUT2D eigenvalue weighted by Crippen LogP contribution is -2.26. The van der Waals surface area contributed by atoms with Crippen LogP contribution in [-0.4, -0.2) is 66.3 Å². The quantitative estimate of drug-likeness (QED) is 0.443. The molecule has 34 heavy (non-hydrogen) atoms. The first kappa shape index (κ1) is 23.6. The number of hydrogen-bond donors (Lipinski definition) is 2. The molecule has 3 aromatic rings. The van der Waals surface area contributed by atoms with Crippen molar-refractivity contribution >= 4 is 33.3 Å². The average molecular weight is 486 g/mol. The molecule has 1 saturated heterocycles. The topological polar surface area (TPSA) is 124 Å². The summed E-state index contributed by atoms with van der Waals surface area (Å²) in [6.07, 6.45) is 1.74. The van der Waals surface area contributed by atoms with Gasteiger partial charge in [0.2, 0.25) is 10.3 Å². The summed E-state index contributed by atoms with van der Waals surface area (Å²) in [4.78, 5) is 15.2. The number of benzene rings is 1. The van der Waals surface area contributed by atoms with Crippen molar-refractivity contribution in [2.45, 2.75) is 25.5 Å². The second-order valence-electron chi connectivity index (χ2n) is 7.54. The van der Waals surface area contributed by atoms with Gasteiger partial charge in [-0.3, -0.25) is 10.1 Å². The van der Waals surface area contributed by atoms with Crippen molar-refractivity contribution in [3.63, 3.8) is 0 Å². The molecule has 2 atom stereocenters. The maximum absolute atomic E-state index is 13.0. The van der Waals surface area contributed by atoms with E-state index in [4.69, 9.17) is 14.2 Å². The van der Waals surface area contributed by atoms with Crippen LogP contribution < -0.4 is 25.0 Å². The highest BCUT2D eigenvalue weighted by atomic mass is 32.1. The van der Waals surface area contributed by atoms with E-state index < -0.39 is 6.10 Å². The van der Waals surface area contributed by atoms with Crippen molar-refractivity contribution in [3.8, 4) is 11.5 Å². The van der Waals surface area contributed by atoms with Crippen LogP contribution in [0, 0.1) is 0 Å². The number of nitrogens with zero attached hydrogens (tertiary/aromatic N) is 5. The van der Waals surface area contributed by atoms with Crippen LogP contribution in [0.3, 0.4) is 0 Å². The fraction of sp³-hybridized carbons (Fsp3) is 0.409. The highest BCUT2D eigenvalue weighted by Crippen LogP contribution is 2.30. The molecule has 0 unspecified atom stereocenters. The Morgan fingerprint density at radius 3 is 2.62 bits per heavy atom. The Hall–Kier alpha value is -3.51. The molecule has 0 saturated carbocycles. The molecule has 1 aliphatic rings. The predicted octanol–water partition coefficient (Wildman–Crippen LogP) is 2.75. The Labute approximate surface area is 201 Å². The number of carbonyl (C=O) groups is 1. The van der Waals surface area contributed by atoms with E-state index >= 15 is 0 Å². The lowest BCUT2D eigenvalue weighted by molar-refractivity contribution is -0.127. The van der Waals surface area contributed by atoms with Gasteiger partial charge in [0.1, 0.15) is 11.5 Å². The summed E-state index contributed by atoms with van der Waals surface area (Å²) in [5.41, 5.74) is 0.619. The van der Waals surface area contributed by atoms with Gasteiger partial charge < -0.3 is 24.4 Å². The molecular weight excluding hydrogens is 458 g/mol. The smallest absolute Gasteiger partial charge is 0.259 e. The lowest BCUT2D eigenvalue weighted by atomic mass is 10.1. The SMILES string of the molecule is CCO[C@@H](C(=O)Nc1nnc(N[C@@H]2CCN(c3cccnn3)C2)s1)c1cc(OC)cc(OC)c1. The molecule has 0 bridgehead atoms. The molecule has 12 heteroatoms. The Bertz CT molecular complexity index is 1080. The number of methoxy groups -OCH3 is 2. The molecule has 2 N–H and O–H groups in total. The number of anilines is 3. The number of rotatable bonds is 10. The van der Waals surface area contributed by atoms with Crippen molar-refractivity contribution in [1.29, 1.82) is 0 Å². The molecule has 4 rings (SSSR count). The van der Waals surface area contributed by atoms with Crippen LogP contribution >= 0.6 is 11.3 Å². The Kier molecular flexibility index (Phi) is 7.70. The largest absolute Gasteiger partial charge is 0.497 e. The van der Waals surface area contributed by atoms with E-state index in [9.17, 15) is 4.79 Å². The summed E-state index contributed by atoms with van der Waals surface area (Å²) in [6, 6.07) is 9.25. The zero-order valence-electron chi connectivity index (χ0n) is 19.2. The van der Waals surface area contributed by atoms with Crippen molar-refractivity contribution in [2.24, 2.45) is 0 Å². The molecule has 0 aliphatic carbocycles. The summed E-state index contributed by atoms with van der Waals surface area (Å²) in [7, 11) is 3.11. The summed E-state index contributed by atoms with van der Waals surface area (Å²) in [5, 5.41) is 23.6. The third-order valence-electron chi connectivity index (χ3n) is 5.30. The number of hydrogen-bond acceptors (Lipinski definition) is 11. The van der Waals surface area contributed by atoms with Gasteiger partial charge in [0.25, 0.3) is 5.91 Å². The lowest BCUT2D eigenvalue weighted by Gasteiger charge is -2.18.